The Morgan fingerprint density at radius 1 is 1.21 bits per heavy atom. The van der Waals surface area contributed by atoms with Crippen molar-refractivity contribution < 1.29 is 9.18 Å². The van der Waals surface area contributed by atoms with Gasteiger partial charge in [-0.3, -0.25) is 14.7 Å². The Morgan fingerprint density at radius 3 is 2.86 bits per heavy atom. The Morgan fingerprint density at radius 2 is 2.03 bits per heavy atom. The topological polar surface area (TPSA) is 39.2 Å². The quantitative estimate of drug-likeness (QED) is 0.798. The van der Waals surface area contributed by atoms with Crippen LogP contribution in [0.2, 0.25) is 0 Å². The lowest BCUT2D eigenvalue weighted by atomic mass is 10.1. The average molecular weight is 394 g/mol. The highest BCUT2D eigenvalue weighted by molar-refractivity contribution is 5.95. The van der Waals surface area contributed by atoms with Crippen molar-refractivity contribution in [2.75, 3.05) is 38.3 Å². The van der Waals surface area contributed by atoms with E-state index in [1.165, 1.54) is 6.07 Å². The van der Waals surface area contributed by atoms with E-state index in [4.69, 9.17) is 0 Å². The molecule has 0 unspecified atom stereocenters. The molecule has 0 saturated carbocycles. The van der Waals surface area contributed by atoms with E-state index >= 15 is 0 Å². The number of piperazine rings is 1. The average Bonchev–Trinajstić information content (AvgIpc) is 2.75. The number of halogens is 1. The molecule has 0 spiro atoms. The third kappa shape index (κ3) is 4.03. The molecule has 5 nitrogen and oxygen atoms in total. The second-order valence-electron chi connectivity index (χ2n) is 7.82. The van der Waals surface area contributed by atoms with Gasteiger partial charge in [0.1, 0.15) is 12.5 Å². The molecular weight excluding hydrogens is 367 g/mol. The zero-order chi connectivity index (χ0) is 20.4. The van der Waals surface area contributed by atoms with Crippen LogP contribution in [0.3, 0.4) is 0 Å². The third-order valence-electron chi connectivity index (χ3n) is 5.93. The maximum absolute atomic E-state index is 14.6. The fraction of sp³-hybridized carbons (Fsp3) is 0.391. The van der Waals surface area contributed by atoms with E-state index in [1.807, 2.05) is 24.4 Å². The Labute approximate surface area is 171 Å². The number of likely N-dealkylation sites (N-methyl/N-ethyl adjacent to an activating group) is 1. The van der Waals surface area contributed by atoms with Gasteiger partial charge in [-0.15, -0.1) is 0 Å². The zero-order valence-corrected chi connectivity index (χ0v) is 17.0. The first-order valence-corrected chi connectivity index (χ1v) is 10.2. The number of hydrogen-bond acceptors (Lipinski definition) is 4. The largest absolute Gasteiger partial charge is 0.347 e. The summed E-state index contributed by atoms with van der Waals surface area (Å²) in [4.78, 5) is 23.7. The molecule has 2 aliphatic rings. The molecule has 0 aliphatic carbocycles. The van der Waals surface area contributed by atoms with Crippen LogP contribution in [0.5, 0.6) is 0 Å². The van der Waals surface area contributed by atoms with Crippen molar-refractivity contribution in [3.63, 3.8) is 0 Å². The molecule has 2 aliphatic heterocycles. The van der Waals surface area contributed by atoms with E-state index in [0.717, 1.165) is 29.8 Å². The monoisotopic (exact) mass is 394 g/mol. The number of hydrogen-bond donors (Lipinski definition) is 0. The van der Waals surface area contributed by atoms with Crippen molar-refractivity contribution in [1.29, 1.82) is 0 Å². The van der Waals surface area contributed by atoms with Gasteiger partial charge in [0, 0.05) is 49.7 Å². The number of amides is 1. The Kier molecular flexibility index (Phi) is 5.62. The van der Waals surface area contributed by atoms with Crippen LogP contribution in [0.4, 0.5) is 10.1 Å². The summed E-state index contributed by atoms with van der Waals surface area (Å²) in [6, 6.07) is 13.3. The molecule has 152 valence electrons. The number of benzene rings is 2. The Bertz CT molecular complexity index is 929. The molecule has 1 atom stereocenters. The van der Waals surface area contributed by atoms with Crippen molar-refractivity contribution in [2.24, 2.45) is 4.99 Å². The maximum Gasteiger partial charge on any atom is 0.256 e. The summed E-state index contributed by atoms with van der Waals surface area (Å²) in [5.74, 6) is -0.671. The third-order valence-corrected chi connectivity index (χ3v) is 5.93. The van der Waals surface area contributed by atoms with E-state index in [9.17, 15) is 9.18 Å². The van der Waals surface area contributed by atoms with E-state index in [1.54, 1.807) is 17.0 Å². The summed E-state index contributed by atoms with van der Waals surface area (Å²) in [5.41, 5.74) is 3.24. The summed E-state index contributed by atoms with van der Waals surface area (Å²) in [7, 11) is 2.08. The number of nitrogens with zero attached hydrogens (tertiary/aromatic N) is 4. The van der Waals surface area contributed by atoms with Crippen LogP contribution in [0, 0.1) is 5.82 Å². The maximum atomic E-state index is 14.6. The Balaban J connectivity index is 1.54. The number of anilines is 1. The van der Waals surface area contributed by atoms with Crippen LogP contribution in [-0.4, -0.2) is 61.3 Å². The van der Waals surface area contributed by atoms with Crippen molar-refractivity contribution in [3.05, 3.63) is 65.0 Å². The van der Waals surface area contributed by atoms with E-state index < -0.39 is 5.82 Å². The van der Waals surface area contributed by atoms with Crippen molar-refractivity contribution >= 4 is 17.8 Å². The lowest BCUT2D eigenvalue weighted by molar-refractivity contribution is 0.0537. The molecule has 1 saturated heterocycles. The van der Waals surface area contributed by atoms with Gasteiger partial charge in [0.15, 0.2) is 0 Å². The molecular formula is C23H27FN4O. The van der Waals surface area contributed by atoms with Gasteiger partial charge in [0.2, 0.25) is 0 Å². The molecule has 0 aromatic heterocycles. The fourth-order valence-electron chi connectivity index (χ4n) is 4.13. The highest BCUT2D eigenvalue weighted by Crippen LogP contribution is 2.25. The number of fused-ring (bicyclic) bond motifs is 1. The summed E-state index contributed by atoms with van der Waals surface area (Å²) in [6.07, 6.45) is 2.85. The first-order chi connectivity index (χ1) is 14.1. The van der Waals surface area contributed by atoms with Gasteiger partial charge in [-0.25, -0.2) is 4.39 Å². The standard InChI is InChI=1S/C23H27FN4O/c1-3-19-15-27(11-10-26(19)2)23(29)20-12-17(8-9-21(20)24)14-28-16-25-13-18-6-4-5-7-22(18)28/h4-9,12-13,19H,3,10-11,14-16H2,1-2H3/t19-/m1/s1. The normalized spacial score (nSPS) is 19.3. The van der Waals surface area contributed by atoms with Gasteiger partial charge in [-0.2, -0.15) is 0 Å². The Hall–Kier alpha value is -2.73. The van der Waals surface area contributed by atoms with E-state index in [2.05, 4.69) is 34.8 Å². The van der Waals surface area contributed by atoms with Crippen molar-refractivity contribution in [2.45, 2.75) is 25.9 Å². The first-order valence-electron chi connectivity index (χ1n) is 10.2. The van der Waals surface area contributed by atoms with Crippen LogP contribution in [0.1, 0.15) is 34.8 Å². The van der Waals surface area contributed by atoms with Crippen LogP contribution < -0.4 is 4.90 Å². The molecule has 0 bridgehead atoms. The van der Waals surface area contributed by atoms with Crippen LogP contribution >= 0.6 is 0 Å². The number of rotatable bonds is 4. The number of carbonyl (C=O) groups excluding carboxylic acids is 1. The molecule has 1 fully saturated rings. The van der Waals surface area contributed by atoms with Gasteiger partial charge in [0.25, 0.3) is 5.91 Å². The lowest BCUT2D eigenvalue weighted by Crippen LogP contribution is -2.53. The SMILES string of the molecule is CC[C@@H]1CN(C(=O)c2cc(CN3CN=Cc4ccccc43)ccc2F)CCN1C. The molecule has 0 N–H and O–H groups in total. The highest BCUT2D eigenvalue weighted by atomic mass is 19.1. The summed E-state index contributed by atoms with van der Waals surface area (Å²) in [5, 5.41) is 0. The molecule has 29 heavy (non-hydrogen) atoms. The fourth-order valence-corrected chi connectivity index (χ4v) is 4.13. The number of carbonyl (C=O) groups is 1. The van der Waals surface area contributed by atoms with Gasteiger partial charge in [-0.1, -0.05) is 31.2 Å². The van der Waals surface area contributed by atoms with Crippen molar-refractivity contribution in [3.8, 4) is 0 Å². The van der Waals surface area contributed by atoms with Crippen LogP contribution in [0.25, 0.3) is 0 Å². The second kappa shape index (κ2) is 8.33. The minimum absolute atomic E-state index is 0.163. The molecule has 2 heterocycles. The van der Waals surface area contributed by atoms with Gasteiger partial charge >= 0.3 is 0 Å². The summed E-state index contributed by atoms with van der Waals surface area (Å²) in [6.45, 7) is 5.33. The number of aliphatic imine (C=N–C) groups is 1. The van der Waals surface area contributed by atoms with Gasteiger partial charge in [0.05, 0.1) is 5.56 Å². The minimum Gasteiger partial charge on any atom is -0.347 e. The van der Waals surface area contributed by atoms with Crippen LogP contribution in [-0.2, 0) is 6.54 Å². The van der Waals surface area contributed by atoms with Crippen molar-refractivity contribution in [1.82, 2.24) is 9.80 Å². The van der Waals surface area contributed by atoms with Crippen LogP contribution in [0.15, 0.2) is 47.5 Å². The van der Waals surface area contributed by atoms with E-state index in [-0.39, 0.29) is 11.5 Å². The van der Waals surface area contributed by atoms with E-state index in [0.29, 0.717) is 32.3 Å². The molecule has 2 aromatic carbocycles. The van der Waals surface area contributed by atoms with Gasteiger partial charge < -0.3 is 9.80 Å². The highest BCUT2D eigenvalue weighted by Gasteiger charge is 2.28. The second-order valence-corrected chi connectivity index (χ2v) is 7.82. The molecule has 2 aromatic rings. The predicted octanol–water partition coefficient (Wildman–Crippen LogP) is 3.39. The minimum atomic E-state index is -0.456. The molecule has 0 radical (unpaired) electrons. The first kappa shape index (κ1) is 19.6. The lowest BCUT2D eigenvalue weighted by Gasteiger charge is -2.39. The van der Waals surface area contributed by atoms with Gasteiger partial charge in [-0.05, 0) is 37.2 Å². The molecule has 6 heteroatoms. The predicted molar refractivity (Wildman–Crippen MR) is 114 cm³/mol. The smallest absolute Gasteiger partial charge is 0.256 e. The number of para-hydroxylation sites is 1. The summed E-state index contributed by atoms with van der Waals surface area (Å²) < 4.78 is 14.6. The molecule has 4 rings (SSSR count). The molecule has 1 amide bonds. The summed E-state index contributed by atoms with van der Waals surface area (Å²) >= 11 is 0. The zero-order valence-electron chi connectivity index (χ0n) is 17.0.